The van der Waals surface area contributed by atoms with E-state index in [0.29, 0.717) is 23.3 Å². The number of hydrogen-bond acceptors (Lipinski definition) is 4. The summed E-state index contributed by atoms with van der Waals surface area (Å²) in [6.07, 6.45) is 7.65. The number of ether oxygens (including phenoxy) is 1. The van der Waals surface area contributed by atoms with Crippen LogP contribution in [0.25, 0.3) is 11.2 Å². The highest BCUT2D eigenvalue weighted by Gasteiger charge is 2.24. The Bertz CT molecular complexity index is 627. The van der Waals surface area contributed by atoms with E-state index >= 15 is 0 Å². The van der Waals surface area contributed by atoms with Crippen LogP contribution in [0.4, 0.5) is 0 Å². The summed E-state index contributed by atoms with van der Waals surface area (Å²) in [5.74, 6) is 2.57. The van der Waals surface area contributed by atoms with Crippen molar-refractivity contribution in [1.82, 2.24) is 19.5 Å². The third-order valence-electron chi connectivity index (χ3n) is 4.42. The highest BCUT2D eigenvalue weighted by Crippen LogP contribution is 2.34. The smallest absolute Gasteiger partial charge is 0.245 e. The zero-order valence-electron chi connectivity index (χ0n) is 12.5. The molecular weight excluding hydrogens is 288 g/mol. The normalized spacial score (nSPS) is 23.2. The minimum absolute atomic E-state index is 0.381. The van der Waals surface area contributed by atoms with Crippen molar-refractivity contribution in [3.05, 3.63) is 12.2 Å². The van der Waals surface area contributed by atoms with E-state index < -0.39 is 0 Å². The van der Waals surface area contributed by atoms with Crippen LogP contribution in [0.2, 0.25) is 0 Å². The standard InChI is InChI=1S/C15H21ClN4O/c1-10-4-3-5-11(7-6-10)20-12(8-16)19-13-14(20)17-9-18-15(13)21-2/h9-11H,3-8H2,1-2H3. The zero-order valence-corrected chi connectivity index (χ0v) is 13.3. The number of aromatic nitrogens is 4. The number of methoxy groups -OCH3 is 1. The van der Waals surface area contributed by atoms with E-state index in [1.165, 1.54) is 25.6 Å². The first-order valence-electron chi connectivity index (χ1n) is 7.56. The van der Waals surface area contributed by atoms with Crippen molar-refractivity contribution in [2.45, 2.75) is 50.9 Å². The first-order valence-corrected chi connectivity index (χ1v) is 8.09. The Labute approximate surface area is 129 Å². The lowest BCUT2D eigenvalue weighted by Gasteiger charge is -2.19. The molecule has 21 heavy (non-hydrogen) atoms. The second-order valence-corrected chi connectivity index (χ2v) is 6.12. The maximum atomic E-state index is 6.12. The summed E-state index contributed by atoms with van der Waals surface area (Å²) in [4.78, 5) is 13.2. The topological polar surface area (TPSA) is 52.8 Å². The van der Waals surface area contributed by atoms with Crippen molar-refractivity contribution >= 4 is 22.8 Å². The molecule has 0 radical (unpaired) electrons. The van der Waals surface area contributed by atoms with Crippen molar-refractivity contribution in [2.75, 3.05) is 7.11 Å². The molecule has 3 rings (SSSR count). The molecule has 114 valence electrons. The molecule has 0 aliphatic heterocycles. The van der Waals surface area contributed by atoms with Gasteiger partial charge in [-0.1, -0.05) is 19.8 Å². The van der Waals surface area contributed by atoms with Crippen LogP contribution in [-0.4, -0.2) is 26.6 Å². The Morgan fingerprint density at radius 3 is 2.90 bits per heavy atom. The van der Waals surface area contributed by atoms with Crippen molar-refractivity contribution in [2.24, 2.45) is 5.92 Å². The van der Waals surface area contributed by atoms with Crippen molar-refractivity contribution in [3.8, 4) is 5.88 Å². The van der Waals surface area contributed by atoms with Gasteiger partial charge in [-0.2, -0.15) is 4.98 Å². The van der Waals surface area contributed by atoms with E-state index in [9.17, 15) is 0 Å². The summed E-state index contributed by atoms with van der Waals surface area (Å²) in [5.41, 5.74) is 1.56. The minimum atomic E-state index is 0.381. The van der Waals surface area contributed by atoms with Gasteiger partial charge in [-0.3, -0.25) is 0 Å². The van der Waals surface area contributed by atoms with Gasteiger partial charge >= 0.3 is 0 Å². The number of hydrogen-bond donors (Lipinski definition) is 0. The molecule has 1 fully saturated rings. The molecule has 0 spiro atoms. The largest absolute Gasteiger partial charge is 0.479 e. The average molecular weight is 309 g/mol. The maximum absolute atomic E-state index is 6.12. The van der Waals surface area contributed by atoms with Gasteiger partial charge in [0.2, 0.25) is 5.88 Å². The SMILES string of the molecule is COc1ncnc2c1nc(CCl)n2C1CCCC(C)CC1. The second-order valence-electron chi connectivity index (χ2n) is 5.85. The van der Waals surface area contributed by atoms with Crippen LogP contribution < -0.4 is 4.74 Å². The van der Waals surface area contributed by atoms with Gasteiger partial charge in [0.25, 0.3) is 0 Å². The first kappa shape index (κ1) is 14.6. The quantitative estimate of drug-likeness (QED) is 0.640. The van der Waals surface area contributed by atoms with Crippen molar-refractivity contribution in [1.29, 1.82) is 0 Å². The Morgan fingerprint density at radius 1 is 1.29 bits per heavy atom. The Kier molecular flexibility index (Phi) is 4.29. The van der Waals surface area contributed by atoms with Crippen LogP contribution in [0.1, 0.15) is 50.9 Å². The molecule has 2 heterocycles. The van der Waals surface area contributed by atoms with E-state index in [4.69, 9.17) is 16.3 Å². The second kappa shape index (κ2) is 6.18. The lowest BCUT2D eigenvalue weighted by Crippen LogP contribution is -2.12. The molecule has 0 N–H and O–H groups in total. The minimum Gasteiger partial charge on any atom is -0.479 e. The number of alkyl halides is 1. The van der Waals surface area contributed by atoms with Crippen LogP contribution in [0.5, 0.6) is 5.88 Å². The molecule has 2 unspecified atom stereocenters. The van der Waals surface area contributed by atoms with Crippen molar-refractivity contribution in [3.63, 3.8) is 0 Å². The van der Waals surface area contributed by atoms with Gasteiger partial charge in [0.05, 0.1) is 13.0 Å². The average Bonchev–Trinajstić information content (AvgIpc) is 2.76. The molecule has 2 aromatic heterocycles. The molecule has 0 bridgehead atoms. The van der Waals surface area contributed by atoms with Gasteiger partial charge in [0.1, 0.15) is 12.2 Å². The van der Waals surface area contributed by atoms with Crippen LogP contribution >= 0.6 is 11.6 Å². The lowest BCUT2D eigenvalue weighted by molar-refractivity contribution is 0.401. The summed E-state index contributed by atoms with van der Waals surface area (Å²) in [6, 6.07) is 0.424. The Hall–Kier alpha value is -1.36. The number of nitrogens with zero attached hydrogens (tertiary/aromatic N) is 4. The van der Waals surface area contributed by atoms with Crippen LogP contribution in [0.3, 0.4) is 0 Å². The predicted molar refractivity (Wildman–Crippen MR) is 82.7 cm³/mol. The van der Waals surface area contributed by atoms with Gasteiger partial charge in [-0.15, -0.1) is 11.6 Å². The molecule has 6 heteroatoms. The number of fused-ring (bicyclic) bond motifs is 1. The van der Waals surface area contributed by atoms with E-state index in [2.05, 4.69) is 26.4 Å². The number of imidazole rings is 1. The molecule has 1 saturated carbocycles. The Balaban J connectivity index is 2.07. The maximum Gasteiger partial charge on any atom is 0.245 e. The summed E-state index contributed by atoms with van der Waals surface area (Å²) in [5, 5.41) is 0. The molecule has 0 aromatic carbocycles. The molecule has 1 aliphatic rings. The number of rotatable bonds is 3. The van der Waals surface area contributed by atoms with Gasteiger partial charge < -0.3 is 9.30 Å². The summed E-state index contributed by atoms with van der Waals surface area (Å²) in [7, 11) is 1.61. The van der Waals surface area contributed by atoms with E-state index in [0.717, 1.165) is 30.2 Å². The van der Waals surface area contributed by atoms with Gasteiger partial charge in [-0.05, 0) is 25.2 Å². The molecule has 2 aromatic rings. The fraction of sp³-hybridized carbons (Fsp3) is 0.667. The third kappa shape index (κ3) is 2.71. The fourth-order valence-corrected chi connectivity index (χ4v) is 3.47. The first-order chi connectivity index (χ1) is 10.2. The van der Waals surface area contributed by atoms with E-state index in [-0.39, 0.29) is 0 Å². The molecule has 0 amide bonds. The van der Waals surface area contributed by atoms with Crippen LogP contribution in [0.15, 0.2) is 6.33 Å². The highest BCUT2D eigenvalue weighted by atomic mass is 35.5. The van der Waals surface area contributed by atoms with Crippen molar-refractivity contribution < 1.29 is 4.74 Å². The molecule has 5 nitrogen and oxygen atoms in total. The number of halogens is 1. The summed E-state index contributed by atoms with van der Waals surface area (Å²) in [6.45, 7) is 2.34. The lowest BCUT2D eigenvalue weighted by atomic mass is 10.0. The molecule has 0 saturated heterocycles. The zero-order chi connectivity index (χ0) is 14.8. The van der Waals surface area contributed by atoms with Gasteiger partial charge in [-0.25, -0.2) is 9.97 Å². The van der Waals surface area contributed by atoms with E-state index in [1.807, 2.05) is 0 Å². The van der Waals surface area contributed by atoms with Crippen LogP contribution in [-0.2, 0) is 5.88 Å². The van der Waals surface area contributed by atoms with Gasteiger partial charge in [0.15, 0.2) is 11.2 Å². The predicted octanol–water partition coefficient (Wildman–Crippen LogP) is 3.72. The molecular formula is C15H21ClN4O. The van der Waals surface area contributed by atoms with Crippen LogP contribution in [0, 0.1) is 5.92 Å². The van der Waals surface area contributed by atoms with E-state index in [1.54, 1.807) is 7.11 Å². The third-order valence-corrected chi connectivity index (χ3v) is 4.66. The monoisotopic (exact) mass is 308 g/mol. The fourth-order valence-electron chi connectivity index (χ4n) is 3.29. The summed E-state index contributed by atoms with van der Waals surface area (Å²) >= 11 is 6.12. The van der Waals surface area contributed by atoms with Gasteiger partial charge in [0, 0.05) is 6.04 Å². The summed E-state index contributed by atoms with van der Waals surface area (Å²) < 4.78 is 7.51. The molecule has 1 aliphatic carbocycles. The Morgan fingerprint density at radius 2 is 2.14 bits per heavy atom. The highest BCUT2D eigenvalue weighted by molar-refractivity contribution is 6.16. The molecule has 2 atom stereocenters.